The molecule has 0 fully saturated rings. The topological polar surface area (TPSA) is 85.5 Å². The van der Waals surface area contributed by atoms with Crippen LogP contribution in [0.25, 0.3) is 0 Å². The van der Waals surface area contributed by atoms with Crippen molar-refractivity contribution in [1.29, 1.82) is 0 Å². The van der Waals surface area contributed by atoms with Crippen LogP contribution in [-0.4, -0.2) is 22.3 Å². The van der Waals surface area contributed by atoms with Crippen LogP contribution in [0, 0.1) is 4.91 Å². The quantitative estimate of drug-likeness (QED) is 0.431. The van der Waals surface area contributed by atoms with Crippen molar-refractivity contribution in [3.8, 4) is 0 Å². The Balaban J connectivity index is 2.69. The van der Waals surface area contributed by atoms with Crippen molar-refractivity contribution in [1.82, 2.24) is 0 Å². The van der Waals surface area contributed by atoms with Gasteiger partial charge in [0, 0.05) is 5.56 Å². The maximum Gasteiger partial charge on any atom is 0.198 e. The van der Waals surface area contributed by atoms with Crippen molar-refractivity contribution in [2.45, 2.75) is 6.23 Å². The van der Waals surface area contributed by atoms with Crippen LogP contribution in [0.1, 0.15) is 5.56 Å². The fourth-order valence-corrected chi connectivity index (χ4v) is 1.79. The van der Waals surface area contributed by atoms with Crippen LogP contribution in [0.2, 0.25) is 5.02 Å². The smallest absolute Gasteiger partial charge is 0.198 e. The predicted octanol–water partition coefficient (Wildman–Crippen LogP) is 1.34. The first-order valence-electron chi connectivity index (χ1n) is 4.02. The number of nitrogens with zero attached hydrogens (tertiary/aromatic N) is 3. The highest BCUT2D eigenvalue weighted by Gasteiger charge is 2.37. The number of nitroso groups, excluding NO2 is 1. The molecule has 0 radical (unpaired) electrons. The van der Waals surface area contributed by atoms with E-state index in [1.165, 1.54) is 0 Å². The van der Waals surface area contributed by atoms with Crippen molar-refractivity contribution in [3.05, 3.63) is 33.7 Å². The minimum absolute atomic E-state index is 0.0878. The van der Waals surface area contributed by atoms with Crippen molar-refractivity contribution < 1.29 is 10.3 Å². The molecule has 0 unspecified atom stereocenters. The third kappa shape index (κ3) is 1.26. The van der Waals surface area contributed by atoms with Gasteiger partial charge in [-0.3, -0.25) is 0 Å². The lowest BCUT2D eigenvalue weighted by Crippen LogP contribution is -2.30. The van der Waals surface area contributed by atoms with Crippen LogP contribution in [0.4, 0.5) is 5.69 Å². The van der Waals surface area contributed by atoms with Crippen LogP contribution >= 0.6 is 11.6 Å². The van der Waals surface area contributed by atoms with Gasteiger partial charge in [-0.25, -0.2) is 0 Å². The van der Waals surface area contributed by atoms with E-state index in [1.807, 2.05) is 0 Å². The first-order valence-corrected chi connectivity index (χ1v) is 4.40. The molecule has 6 nitrogen and oxygen atoms in total. The van der Waals surface area contributed by atoms with Crippen molar-refractivity contribution in [2.75, 3.05) is 5.01 Å². The molecule has 0 aliphatic carbocycles. The van der Waals surface area contributed by atoms with Crippen LogP contribution in [-0.2, 0) is 0 Å². The zero-order valence-electron chi connectivity index (χ0n) is 7.33. The Bertz CT molecular complexity index is 449. The number of benzene rings is 1. The summed E-state index contributed by atoms with van der Waals surface area (Å²) in [5.41, 5.74) is 0.543. The predicted molar refractivity (Wildman–Crippen MR) is 54.1 cm³/mol. The zero-order chi connectivity index (χ0) is 11.0. The van der Waals surface area contributed by atoms with E-state index in [2.05, 4.69) is 10.4 Å². The summed E-state index contributed by atoms with van der Waals surface area (Å²) in [6.45, 7) is 0. The first-order chi connectivity index (χ1) is 7.20. The number of anilines is 1. The van der Waals surface area contributed by atoms with Crippen molar-refractivity contribution in [2.24, 2.45) is 10.4 Å². The molecule has 1 aromatic carbocycles. The number of halogens is 1. The number of oxime groups is 1. The highest BCUT2D eigenvalue weighted by molar-refractivity contribution is 6.36. The van der Waals surface area contributed by atoms with E-state index in [1.54, 1.807) is 18.2 Å². The normalized spacial score (nSPS) is 21.9. The van der Waals surface area contributed by atoms with E-state index in [0.29, 0.717) is 11.3 Å². The molecule has 1 aliphatic rings. The zero-order valence-corrected chi connectivity index (χ0v) is 8.09. The standard InChI is InChI=1S/C8H6ClN3O3/c9-4-2-1-3-5-6(4)7(10-14)8(13)12(5)11-15/h1-3,8,13-14H/b10-7-/t8-/m1/s1. The van der Waals surface area contributed by atoms with Crippen LogP contribution < -0.4 is 5.01 Å². The summed E-state index contributed by atoms with van der Waals surface area (Å²) in [6, 6.07) is 4.71. The van der Waals surface area contributed by atoms with E-state index in [-0.39, 0.29) is 10.7 Å². The fraction of sp³-hybridized carbons (Fsp3) is 0.125. The van der Waals surface area contributed by atoms with Crippen molar-refractivity contribution >= 4 is 23.0 Å². The minimum Gasteiger partial charge on any atom is -0.410 e. The van der Waals surface area contributed by atoms with E-state index in [4.69, 9.17) is 16.8 Å². The third-order valence-corrected chi connectivity index (χ3v) is 2.48. The van der Waals surface area contributed by atoms with Gasteiger partial charge < -0.3 is 10.3 Å². The van der Waals surface area contributed by atoms with E-state index >= 15 is 0 Å². The van der Waals surface area contributed by atoms with Gasteiger partial charge in [-0.15, -0.1) is 4.91 Å². The van der Waals surface area contributed by atoms with Gasteiger partial charge >= 0.3 is 0 Å². The van der Waals surface area contributed by atoms with Gasteiger partial charge in [0.2, 0.25) is 0 Å². The van der Waals surface area contributed by atoms with Gasteiger partial charge in [0.1, 0.15) is 5.71 Å². The maximum absolute atomic E-state index is 10.5. The Labute approximate surface area is 89.3 Å². The van der Waals surface area contributed by atoms with Gasteiger partial charge in [-0.2, -0.15) is 5.01 Å². The highest BCUT2D eigenvalue weighted by atomic mass is 35.5. The van der Waals surface area contributed by atoms with Crippen LogP contribution in [0.3, 0.4) is 0 Å². The molecule has 0 spiro atoms. The molecule has 2 N–H and O–H groups in total. The summed E-state index contributed by atoms with van der Waals surface area (Å²) < 4.78 is 0. The molecule has 0 saturated carbocycles. The summed E-state index contributed by atoms with van der Waals surface area (Å²) in [5, 5.41) is 24.9. The minimum atomic E-state index is -1.40. The fourth-order valence-electron chi connectivity index (χ4n) is 1.52. The highest BCUT2D eigenvalue weighted by Crippen LogP contribution is 2.36. The molecule has 1 atom stereocenters. The molecule has 1 aromatic rings. The Hall–Kier alpha value is -1.66. The van der Waals surface area contributed by atoms with Crippen LogP contribution in [0.5, 0.6) is 0 Å². The lowest BCUT2D eigenvalue weighted by molar-refractivity contribution is 0.230. The second kappa shape index (κ2) is 3.48. The molecule has 1 heterocycles. The maximum atomic E-state index is 10.5. The Morgan fingerprint density at radius 1 is 1.47 bits per heavy atom. The molecule has 0 aromatic heterocycles. The lowest BCUT2D eigenvalue weighted by atomic mass is 10.1. The molecule has 2 rings (SSSR count). The number of aliphatic hydroxyl groups is 1. The number of hydrogen-bond donors (Lipinski definition) is 2. The molecule has 1 aliphatic heterocycles. The number of rotatable bonds is 1. The van der Waals surface area contributed by atoms with E-state index in [0.717, 1.165) is 5.01 Å². The summed E-state index contributed by atoms with van der Waals surface area (Å²) >= 11 is 5.86. The molecule has 0 amide bonds. The Kier molecular flexibility index (Phi) is 2.29. The average Bonchev–Trinajstić information content (AvgIpc) is 2.51. The third-order valence-electron chi connectivity index (χ3n) is 2.17. The Morgan fingerprint density at radius 2 is 2.20 bits per heavy atom. The van der Waals surface area contributed by atoms with Gasteiger partial charge in [-0.05, 0) is 12.1 Å². The monoisotopic (exact) mass is 227 g/mol. The summed E-state index contributed by atoms with van der Waals surface area (Å²) in [6.07, 6.45) is -1.40. The van der Waals surface area contributed by atoms with Crippen molar-refractivity contribution in [3.63, 3.8) is 0 Å². The molecule has 7 heteroatoms. The second-order valence-electron chi connectivity index (χ2n) is 2.92. The molecule has 0 saturated heterocycles. The number of aliphatic hydroxyl groups excluding tert-OH is 1. The lowest BCUT2D eigenvalue weighted by Gasteiger charge is -2.11. The van der Waals surface area contributed by atoms with Gasteiger partial charge in [0.25, 0.3) is 0 Å². The Morgan fingerprint density at radius 3 is 2.80 bits per heavy atom. The second-order valence-corrected chi connectivity index (χ2v) is 3.33. The summed E-state index contributed by atoms with van der Waals surface area (Å²) in [5.74, 6) is 0. The van der Waals surface area contributed by atoms with Gasteiger partial charge in [0.05, 0.1) is 16.0 Å². The molecule has 78 valence electrons. The van der Waals surface area contributed by atoms with Gasteiger partial charge in [0.15, 0.2) is 6.23 Å². The summed E-state index contributed by atoms with van der Waals surface area (Å²) in [7, 11) is 0. The van der Waals surface area contributed by atoms with E-state index < -0.39 is 6.23 Å². The molecular weight excluding hydrogens is 222 g/mol. The molecule has 0 bridgehead atoms. The van der Waals surface area contributed by atoms with Gasteiger partial charge in [-0.1, -0.05) is 22.8 Å². The largest absolute Gasteiger partial charge is 0.410 e. The van der Waals surface area contributed by atoms with Crippen LogP contribution in [0.15, 0.2) is 28.6 Å². The number of fused-ring (bicyclic) bond motifs is 1. The molecular formula is C8H6ClN3O3. The molecule has 15 heavy (non-hydrogen) atoms. The average molecular weight is 228 g/mol. The SMILES string of the molecule is O=NN1c2cccc(Cl)c2/C(=N/O)[C@H]1O. The number of hydrogen-bond acceptors (Lipinski definition) is 5. The first kappa shape index (κ1) is 9.88. The summed E-state index contributed by atoms with van der Waals surface area (Å²) in [4.78, 5) is 10.5. The van der Waals surface area contributed by atoms with E-state index in [9.17, 15) is 10.0 Å².